The quantitative estimate of drug-likeness (QED) is 0.277. The van der Waals surface area contributed by atoms with E-state index in [1.165, 1.54) is 4.90 Å². The number of nitrogens with zero attached hydrogens (tertiary/aromatic N) is 1. The normalized spacial score (nSPS) is 15.2. The molecule has 3 N–H and O–H groups in total. The highest BCUT2D eigenvalue weighted by molar-refractivity contribution is 7.80. The fourth-order valence-electron chi connectivity index (χ4n) is 3.69. The van der Waals surface area contributed by atoms with Gasteiger partial charge < -0.3 is 25.4 Å². The molecule has 0 heterocycles. The summed E-state index contributed by atoms with van der Waals surface area (Å²) in [7, 11) is 0. The highest BCUT2D eigenvalue weighted by atomic mass is 32.1. The minimum Gasteiger partial charge on any atom is -0.507 e. The first-order chi connectivity index (χ1) is 16.0. The number of amides is 3. The Hall–Kier alpha value is -2.42. The van der Waals surface area contributed by atoms with E-state index in [0.29, 0.717) is 17.7 Å². The molecule has 34 heavy (non-hydrogen) atoms. The van der Waals surface area contributed by atoms with Gasteiger partial charge in [0.05, 0.1) is 0 Å². The first-order valence-corrected chi connectivity index (χ1v) is 12.6. The second-order valence-corrected chi connectivity index (χ2v) is 10.1. The van der Waals surface area contributed by atoms with Gasteiger partial charge in [-0.05, 0) is 52.5 Å². The fraction of sp³-hybridized carbons (Fsp3) is 0.640. The maximum absolute atomic E-state index is 13.7. The lowest BCUT2D eigenvalue weighted by Crippen LogP contribution is -2.54. The first kappa shape index (κ1) is 27.8. The first-order valence-electron chi connectivity index (χ1n) is 12.0. The molecule has 1 fully saturated rings. The Morgan fingerprint density at radius 3 is 2.47 bits per heavy atom. The summed E-state index contributed by atoms with van der Waals surface area (Å²) in [5.74, 6) is -0.769. The van der Waals surface area contributed by atoms with E-state index in [9.17, 15) is 19.5 Å². The number of ether oxygens (including phenoxy) is 1. The minimum absolute atomic E-state index is 0.0165. The van der Waals surface area contributed by atoms with Gasteiger partial charge >= 0.3 is 6.09 Å². The van der Waals surface area contributed by atoms with Crippen LogP contribution in [0.15, 0.2) is 18.2 Å². The fourth-order valence-corrected chi connectivity index (χ4v) is 3.94. The Kier molecular flexibility index (Phi) is 10.1. The van der Waals surface area contributed by atoms with Gasteiger partial charge in [0, 0.05) is 23.9 Å². The number of phenols is 1. The third-order valence-electron chi connectivity index (χ3n) is 5.54. The largest absolute Gasteiger partial charge is 0.507 e. The molecule has 0 bridgehead atoms. The Balaban J connectivity index is 2.37. The summed E-state index contributed by atoms with van der Waals surface area (Å²) in [6.07, 6.45) is 3.58. The van der Waals surface area contributed by atoms with E-state index in [-0.39, 0.29) is 23.5 Å². The smallest absolute Gasteiger partial charge is 0.408 e. The number of para-hydroxylation sites is 1. The lowest BCUT2D eigenvalue weighted by atomic mass is 9.99. The monoisotopic (exact) mass is 493 g/mol. The summed E-state index contributed by atoms with van der Waals surface area (Å²) in [5.41, 5.74) is 0.254. The van der Waals surface area contributed by atoms with Crippen LogP contribution in [0.25, 0.3) is 0 Å². The molecule has 0 aliphatic heterocycles. The summed E-state index contributed by atoms with van der Waals surface area (Å²) in [5, 5.41) is 16.3. The number of unbranched alkanes of at least 4 members (excludes halogenated alkanes) is 2. The molecule has 1 aromatic rings. The number of aromatic hydroxyl groups is 1. The standard InChI is InChI=1S/C25H39N3O5S/c1-6-7-8-14-26-22(30)20(18-11-9-10-16(2)21(18)29)28(17-12-13-17)23(31)19(15-34)27-24(32)33-25(3,4)5/h9-11,17,19-20,29,34H,6-8,12-15H2,1-5H3,(H,26,30)(H,27,32). The number of phenolic OH excluding ortho intramolecular Hbond substituents is 1. The van der Waals surface area contributed by atoms with Crippen molar-refractivity contribution in [3.05, 3.63) is 29.3 Å². The molecule has 190 valence electrons. The number of carbonyl (C=O) groups excluding carboxylic acids is 3. The predicted molar refractivity (Wildman–Crippen MR) is 135 cm³/mol. The topological polar surface area (TPSA) is 108 Å². The molecule has 0 spiro atoms. The van der Waals surface area contributed by atoms with Crippen LogP contribution in [0.2, 0.25) is 0 Å². The number of rotatable bonds is 11. The number of hydrogen-bond donors (Lipinski definition) is 4. The van der Waals surface area contributed by atoms with Gasteiger partial charge in [-0.15, -0.1) is 0 Å². The SMILES string of the molecule is CCCCCNC(=O)C(c1cccc(C)c1O)N(C(=O)C(CS)NC(=O)OC(C)(C)C)C1CC1. The van der Waals surface area contributed by atoms with Crippen LogP contribution in [0, 0.1) is 6.92 Å². The van der Waals surface area contributed by atoms with E-state index >= 15 is 0 Å². The van der Waals surface area contributed by atoms with Gasteiger partial charge in [0.25, 0.3) is 0 Å². The number of thiol groups is 1. The van der Waals surface area contributed by atoms with Gasteiger partial charge in [0.15, 0.2) is 0 Å². The molecule has 0 saturated heterocycles. The van der Waals surface area contributed by atoms with Gasteiger partial charge in [0.1, 0.15) is 23.4 Å². The second-order valence-electron chi connectivity index (χ2n) is 9.77. The Bertz CT molecular complexity index is 867. The van der Waals surface area contributed by atoms with Crippen LogP contribution < -0.4 is 10.6 Å². The number of nitrogens with one attached hydrogen (secondary N) is 2. The van der Waals surface area contributed by atoms with E-state index in [1.54, 1.807) is 45.9 Å². The number of alkyl carbamates (subject to hydrolysis) is 1. The molecule has 8 nitrogen and oxygen atoms in total. The van der Waals surface area contributed by atoms with Crippen LogP contribution in [0.4, 0.5) is 4.79 Å². The van der Waals surface area contributed by atoms with E-state index in [0.717, 1.165) is 32.1 Å². The van der Waals surface area contributed by atoms with Crippen molar-refractivity contribution in [2.75, 3.05) is 12.3 Å². The molecule has 3 amide bonds. The summed E-state index contributed by atoms with van der Waals surface area (Å²) in [4.78, 5) is 41.0. The maximum Gasteiger partial charge on any atom is 0.408 e. The molecule has 2 rings (SSSR count). The second kappa shape index (κ2) is 12.3. The third kappa shape index (κ3) is 7.82. The number of hydrogen-bond acceptors (Lipinski definition) is 6. The average Bonchev–Trinajstić information content (AvgIpc) is 3.59. The van der Waals surface area contributed by atoms with Crippen molar-refractivity contribution in [1.29, 1.82) is 0 Å². The number of aryl methyl sites for hydroxylation is 1. The Morgan fingerprint density at radius 1 is 1.24 bits per heavy atom. The molecule has 1 aliphatic carbocycles. The van der Waals surface area contributed by atoms with Crippen molar-refractivity contribution in [2.45, 2.75) is 90.4 Å². The van der Waals surface area contributed by atoms with Crippen molar-refractivity contribution in [2.24, 2.45) is 0 Å². The van der Waals surface area contributed by atoms with Crippen molar-refractivity contribution < 1.29 is 24.2 Å². The van der Waals surface area contributed by atoms with Crippen LogP contribution in [0.5, 0.6) is 5.75 Å². The number of benzene rings is 1. The molecule has 0 aromatic heterocycles. The maximum atomic E-state index is 13.7. The van der Waals surface area contributed by atoms with Gasteiger partial charge in [-0.3, -0.25) is 9.59 Å². The predicted octanol–water partition coefficient (Wildman–Crippen LogP) is 3.86. The van der Waals surface area contributed by atoms with Crippen LogP contribution in [0.1, 0.15) is 77.0 Å². The van der Waals surface area contributed by atoms with Gasteiger partial charge in [-0.2, -0.15) is 12.6 Å². The molecule has 0 radical (unpaired) electrons. The van der Waals surface area contributed by atoms with E-state index in [4.69, 9.17) is 4.74 Å². The van der Waals surface area contributed by atoms with Gasteiger partial charge in [-0.1, -0.05) is 38.0 Å². The molecule has 9 heteroatoms. The molecular weight excluding hydrogens is 454 g/mol. The van der Waals surface area contributed by atoms with E-state index < -0.39 is 29.7 Å². The van der Waals surface area contributed by atoms with E-state index in [1.807, 2.05) is 0 Å². The third-order valence-corrected chi connectivity index (χ3v) is 5.90. The van der Waals surface area contributed by atoms with Gasteiger partial charge in [0.2, 0.25) is 11.8 Å². The zero-order chi connectivity index (χ0) is 25.5. The van der Waals surface area contributed by atoms with Crippen molar-refractivity contribution in [3.8, 4) is 5.75 Å². The van der Waals surface area contributed by atoms with Crippen LogP contribution in [-0.2, 0) is 14.3 Å². The van der Waals surface area contributed by atoms with Crippen LogP contribution >= 0.6 is 12.6 Å². The summed E-state index contributed by atoms with van der Waals surface area (Å²) in [6, 6.07) is 3.00. The van der Waals surface area contributed by atoms with Gasteiger partial charge in [-0.25, -0.2) is 4.79 Å². The summed E-state index contributed by atoms with van der Waals surface area (Å²) < 4.78 is 5.31. The van der Waals surface area contributed by atoms with Crippen molar-refractivity contribution in [1.82, 2.24) is 15.5 Å². The highest BCUT2D eigenvalue weighted by Crippen LogP contribution is 2.39. The molecule has 2 atom stereocenters. The molecule has 1 aliphatic rings. The zero-order valence-electron chi connectivity index (χ0n) is 20.9. The lowest BCUT2D eigenvalue weighted by molar-refractivity contribution is -0.142. The van der Waals surface area contributed by atoms with Crippen LogP contribution in [0.3, 0.4) is 0 Å². The van der Waals surface area contributed by atoms with E-state index in [2.05, 4.69) is 30.2 Å². The summed E-state index contributed by atoms with van der Waals surface area (Å²) >= 11 is 4.28. The van der Waals surface area contributed by atoms with Crippen molar-refractivity contribution in [3.63, 3.8) is 0 Å². The zero-order valence-corrected chi connectivity index (χ0v) is 21.8. The minimum atomic E-state index is -1.02. The molecule has 1 aromatic carbocycles. The number of carbonyl (C=O) groups is 3. The Morgan fingerprint density at radius 2 is 1.91 bits per heavy atom. The molecule has 1 saturated carbocycles. The highest BCUT2D eigenvalue weighted by Gasteiger charge is 2.44. The van der Waals surface area contributed by atoms with Crippen LogP contribution in [-0.4, -0.2) is 57.9 Å². The Labute approximate surface area is 208 Å². The molecular formula is C25H39N3O5S. The summed E-state index contributed by atoms with van der Waals surface area (Å²) in [6.45, 7) is 9.52. The lowest BCUT2D eigenvalue weighted by Gasteiger charge is -2.34. The van der Waals surface area contributed by atoms with Crippen molar-refractivity contribution >= 4 is 30.5 Å². The average molecular weight is 494 g/mol. The molecule has 2 unspecified atom stereocenters.